The number of ether oxygens (including phenoxy) is 2. The number of hydrogen-bond donors (Lipinski definition) is 1. The lowest BCUT2D eigenvalue weighted by molar-refractivity contribution is -0.146. The first-order chi connectivity index (χ1) is 14.7. The zero-order chi connectivity index (χ0) is 20.6. The number of nitrogens with zero attached hydrogens (tertiary/aromatic N) is 1. The molecule has 0 amide bonds. The van der Waals surface area contributed by atoms with Crippen LogP contribution >= 0.6 is 0 Å². The summed E-state index contributed by atoms with van der Waals surface area (Å²) in [4.78, 5) is 12.0. The number of nitrogens with one attached hydrogen (secondary N) is 1. The minimum Gasteiger partial charge on any atom is -0.479 e. The van der Waals surface area contributed by atoms with E-state index in [-0.39, 0.29) is 17.7 Å². The minimum atomic E-state index is -0.372. The number of para-hydroxylation sites is 2. The number of carbonyl (C=O) groups is 1. The van der Waals surface area contributed by atoms with Gasteiger partial charge in [-0.2, -0.15) is 0 Å². The number of fused-ring (bicyclic) bond motifs is 4. The van der Waals surface area contributed by atoms with Gasteiger partial charge in [0.1, 0.15) is 11.9 Å². The van der Waals surface area contributed by atoms with Gasteiger partial charge in [0.05, 0.1) is 17.1 Å². The molecule has 5 heteroatoms. The highest BCUT2D eigenvalue weighted by molar-refractivity contribution is 5.66. The first kappa shape index (κ1) is 18.9. The third-order valence-corrected chi connectivity index (χ3v) is 6.10. The van der Waals surface area contributed by atoms with E-state index in [1.165, 1.54) is 6.92 Å². The van der Waals surface area contributed by atoms with Gasteiger partial charge in [0, 0.05) is 26.2 Å². The topological polar surface area (TPSA) is 52.5 Å². The summed E-state index contributed by atoms with van der Waals surface area (Å²) >= 11 is 0. The van der Waals surface area contributed by atoms with E-state index in [2.05, 4.69) is 40.2 Å². The minimum absolute atomic E-state index is 0.275. The van der Waals surface area contributed by atoms with E-state index in [9.17, 15) is 4.79 Å². The summed E-state index contributed by atoms with van der Waals surface area (Å²) < 4.78 is 14.7. The van der Waals surface area contributed by atoms with Crippen LogP contribution in [0, 0.1) is 0 Å². The molecule has 0 saturated carbocycles. The molecule has 3 aromatic rings. The Balaban J connectivity index is 1.64. The Morgan fingerprint density at radius 3 is 2.57 bits per heavy atom. The Hall–Kier alpha value is -3.05. The lowest BCUT2D eigenvalue weighted by Gasteiger charge is -2.43. The van der Waals surface area contributed by atoms with Crippen molar-refractivity contribution in [1.82, 2.24) is 9.88 Å². The maximum Gasteiger partial charge on any atom is 0.303 e. The third-order valence-electron chi connectivity index (χ3n) is 6.10. The van der Waals surface area contributed by atoms with Crippen LogP contribution in [0.2, 0.25) is 0 Å². The standard InChI is InChI=1S/C25H26N2O3/c1-18(28)29-23(17-19-7-3-2-4-8-19)21-11-12-24-25(13-15-26-16-14-25)30-22-10-6-5-9-20(22)27(21)24/h2-12,23,26H,13-17H2,1H3/t23-/m1/s1. The third kappa shape index (κ3) is 3.29. The van der Waals surface area contributed by atoms with Crippen LogP contribution in [0.1, 0.15) is 42.8 Å². The summed E-state index contributed by atoms with van der Waals surface area (Å²) in [5.41, 5.74) is 3.91. The van der Waals surface area contributed by atoms with Crippen molar-refractivity contribution in [2.24, 2.45) is 0 Å². The van der Waals surface area contributed by atoms with Gasteiger partial charge in [-0.05, 0) is 42.9 Å². The summed E-state index contributed by atoms with van der Waals surface area (Å²) in [7, 11) is 0. The molecule has 0 aliphatic carbocycles. The fourth-order valence-electron chi connectivity index (χ4n) is 4.74. The SMILES string of the molecule is CC(=O)O[C@H](Cc1ccccc1)c1ccc2n1-c1ccccc1OC21CCNCC1. The van der Waals surface area contributed by atoms with Crippen LogP contribution in [0.15, 0.2) is 66.7 Å². The van der Waals surface area contributed by atoms with Gasteiger partial charge in [0.2, 0.25) is 0 Å². The van der Waals surface area contributed by atoms with E-state index >= 15 is 0 Å². The number of carbonyl (C=O) groups excluding carboxylic acids is 1. The second-order valence-electron chi connectivity index (χ2n) is 8.08. The summed E-state index contributed by atoms with van der Waals surface area (Å²) in [6.07, 6.45) is 2.06. The van der Waals surface area contributed by atoms with Gasteiger partial charge in [0.15, 0.2) is 5.60 Å². The van der Waals surface area contributed by atoms with E-state index in [0.717, 1.165) is 54.3 Å². The number of aromatic nitrogens is 1. The van der Waals surface area contributed by atoms with Crippen molar-refractivity contribution in [3.8, 4) is 11.4 Å². The van der Waals surface area contributed by atoms with E-state index in [1.807, 2.05) is 36.4 Å². The zero-order valence-electron chi connectivity index (χ0n) is 17.1. The highest BCUT2D eigenvalue weighted by Gasteiger charge is 2.43. The van der Waals surface area contributed by atoms with Gasteiger partial charge in [-0.1, -0.05) is 42.5 Å². The molecular weight excluding hydrogens is 376 g/mol. The molecule has 5 rings (SSSR count). The summed E-state index contributed by atoms with van der Waals surface area (Å²) in [6.45, 7) is 3.31. The molecule has 1 N–H and O–H groups in total. The molecule has 1 fully saturated rings. The molecule has 3 heterocycles. The van der Waals surface area contributed by atoms with Gasteiger partial charge >= 0.3 is 5.97 Å². The van der Waals surface area contributed by atoms with Crippen molar-refractivity contribution in [1.29, 1.82) is 0 Å². The molecule has 2 aliphatic rings. The Kier molecular flexibility index (Phi) is 4.83. The predicted octanol–water partition coefficient (Wildman–Crippen LogP) is 4.30. The molecule has 1 aromatic heterocycles. The average molecular weight is 402 g/mol. The van der Waals surface area contributed by atoms with Crippen molar-refractivity contribution in [3.63, 3.8) is 0 Å². The van der Waals surface area contributed by atoms with Gasteiger partial charge < -0.3 is 19.4 Å². The van der Waals surface area contributed by atoms with E-state index in [1.54, 1.807) is 0 Å². The predicted molar refractivity (Wildman–Crippen MR) is 115 cm³/mol. The van der Waals surface area contributed by atoms with E-state index in [0.29, 0.717) is 6.42 Å². The summed E-state index contributed by atoms with van der Waals surface area (Å²) in [5, 5.41) is 3.44. The second-order valence-corrected chi connectivity index (χ2v) is 8.08. The van der Waals surface area contributed by atoms with Crippen LogP contribution in [0.3, 0.4) is 0 Å². The fourth-order valence-corrected chi connectivity index (χ4v) is 4.74. The molecular formula is C25H26N2O3. The van der Waals surface area contributed by atoms with Crippen LogP contribution < -0.4 is 10.1 Å². The summed E-state index contributed by atoms with van der Waals surface area (Å²) in [5.74, 6) is 0.606. The number of rotatable bonds is 4. The normalized spacial score (nSPS) is 17.5. The van der Waals surface area contributed by atoms with Crippen LogP contribution in [-0.2, 0) is 21.6 Å². The average Bonchev–Trinajstić information content (AvgIpc) is 3.21. The lowest BCUT2D eigenvalue weighted by Crippen LogP contribution is -2.47. The molecule has 1 atom stereocenters. The van der Waals surface area contributed by atoms with E-state index < -0.39 is 0 Å². The first-order valence-corrected chi connectivity index (χ1v) is 10.6. The van der Waals surface area contributed by atoms with Crippen molar-refractivity contribution < 1.29 is 14.3 Å². The molecule has 2 aliphatic heterocycles. The Morgan fingerprint density at radius 2 is 1.80 bits per heavy atom. The van der Waals surface area contributed by atoms with Gasteiger partial charge in [-0.25, -0.2) is 0 Å². The fraction of sp³-hybridized carbons (Fsp3) is 0.320. The lowest BCUT2D eigenvalue weighted by atomic mass is 9.87. The van der Waals surface area contributed by atoms with Crippen molar-refractivity contribution in [2.45, 2.75) is 37.9 Å². The Bertz CT molecular complexity index is 1050. The smallest absolute Gasteiger partial charge is 0.303 e. The summed E-state index contributed by atoms with van der Waals surface area (Å²) in [6, 6.07) is 22.6. The van der Waals surface area contributed by atoms with Crippen molar-refractivity contribution >= 4 is 5.97 Å². The number of esters is 1. The quantitative estimate of drug-likeness (QED) is 0.662. The molecule has 30 heavy (non-hydrogen) atoms. The molecule has 0 radical (unpaired) electrons. The number of benzene rings is 2. The number of hydrogen-bond acceptors (Lipinski definition) is 4. The van der Waals surface area contributed by atoms with Crippen molar-refractivity contribution in [3.05, 3.63) is 83.7 Å². The number of piperidine rings is 1. The molecule has 5 nitrogen and oxygen atoms in total. The highest BCUT2D eigenvalue weighted by Crippen LogP contribution is 2.46. The molecule has 1 saturated heterocycles. The first-order valence-electron chi connectivity index (χ1n) is 10.6. The largest absolute Gasteiger partial charge is 0.479 e. The molecule has 1 spiro atoms. The maximum atomic E-state index is 12.0. The molecule has 0 bridgehead atoms. The van der Waals surface area contributed by atoms with Gasteiger partial charge in [0.25, 0.3) is 0 Å². The maximum absolute atomic E-state index is 12.0. The monoisotopic (exact) mass is 402 g/mol. The van der Waals surface area contributed by atoms with Gasteiger partial charge in [-0.3, -0.25) is 4.79 Å². The van der Waals surface area contributed by atoms with Crippen molar-refractivity contribution in [2.75, 3.05) is 13.1 Å². The molecule has 0 unspecified atom stereocenters. The molecule has 2 aromatic carbocycles. The highest BCUT2D eigenvalue weighted by atomic mass is 16.5. The van der Waals surface area contributed by atoms with Gasteiger partial charge in [-0.15, -0.1) is 0 Å². The van der Waals surface area contributed by atoms with E-state index in [4.69, 9.17) is 9.47 Å². The van der Waals surface area contributed by atoms with Crippen LogP contribution in [0.5, 0.6) is 5.75 Å². The zero-order valence-corrected chi connectivity index (χ0v) is 17.1. The van der Waals surface area contributed by atoms with Crippen LogP contribution in [0.4, 0.5) is 0 Å². The Labute approximate surface area is 176 Å². The Morgan fingerprint density at radius 1 is 1.07 bits per heavy atom. The van der Waals surface area contributed by atoms with Crippen LogP contribution in [-0.4, -0.2) is 23.6 Å². The van der Waals surface area contributed by atoms with Crippen LogP contribution in [0.25, 0.3) is 5.69 Å². The molecule has 154 valence electrons. The second kappa shape index (κ2) is 7.65.